The molecule has 3 nitrogen and oxygen atoms in total. The summed E-state index contributed by atoms with van der Waals surface area (Å²) in [4.78, 5) is 18.4. The number of rotatable bonds is 1. The number of hydrogen-bond acceptors (Lipinski definition) is 3. The maximum absolute atomic E-state index is 13.4. The van der Waals surface area contributed by atoms with Crippen LogP contribution in [0.4, 0.5) is 17.6 Å². The second-order valence-corrected chi connectivity index (χ2v) is 5.54. The van der Waals surface area contributed by atoms with Gasteiger partial charge in [-0.3, -0.25) is 4.79 Å². The summed E-state index contributed by atoms with van der Waals surface area (Å²) < 4.78 is 51.5. The van der Waals surface area contributed by atoms with E-state index in [1.54, 1.807) is 0 Å². The van der Waals surface area contributed by atoms with Gasteiger partial charge in [-0.25, -0.2) is 9.37 Å². The van der Waals surface area contributed by atoms with Gasteiger partial charge >= 0.3 is 6.18 Å². The summed E-state index contributed by atoms with van der Waals surface area (Å²) in [6.45, 7) is 0. The van der Waals surface area contributed by atoms with Crippen molar-refractivity contribution in [3.8, 4) is 11.4 Å². The third-order valence-corrected chi connectivity index (χ3v) is 4.06. The molecular formula is C13H8F4N2OS. The van der Waals surface area contributed by atoms with E-state index in [1.807, 2.05) is 0 Å². The Balaban J connectivity index is 2.15. The van der Waals surface area contributed by atoms with Gasteiger partial charge in [-0.2, -0.15) is 24.9 Å². The number of thioether (sulfide) groups is 1. The van der Waals surface area contributed by atoms with Gasteiger partial charge < -0.3 is 4.98 Å². The van der Waals surface area contributed by atoms with Crippen LogP contribution in [0.5, 0.6) is 0 Å². The van der Waals surface area contributed by atoms with Gasteiger partial charge in [0.1, 0.15) is 11.6 Å². The summed E-state index contributed by atoms with van der Waals surface area (Å²) in [5, 5.41) is 0. The minimum Gasteiger partial charge on any atom is -0.306 e. The smallest absolute Gasteiger partial charge is 0.306 e. The largest absolute Gasteiger partial charge is 0.416 e. The van der Waals surface area contributed by atoms with Crippen molar-refractivity contribution >= 4 is 11.8 Å². The fourth-order valence-corrected chi connectivity index (χ4v) is 3.13. The molecule has 2 aromatic rings. The van der Waals surface area contributed by atoms with Gasteiger partial charge in [0.05, 0.1) is 11.3 Å². The zero-order valence-corrected chi connectivity index (χ0v) is 11.2. The third kappa shape index (κ3) is 2.67. The minimum absolute atomic E-state index is 0.0498. The number of hydrogen-bond donors (Lipinski definition) is 1. The molecule has 0 fully saturated rings. The number of halogens is 4. The Bertz CT molecular complexity index is 770. The van der Waals surface area contributed by atoms with E-state index in [1.165, 1.54) is 11.8 Å². The highest BCUT2D eigenvalue weighted by Gasteiger charge is 2.31. The Morgan fingerprint density at radius 3 is 2.67 bits per heavy atom. The molecule has 21 heavy (non-hydrogen) atoms. The molecule has 0 saturated carbocycles. The Hall–Kier alpha value is -1.83. The van der Waals surface area contributed by atoms with Crippen molar-refractivity contribution < 1.29 is 17.6 Å². The third-order valence-electron chi connectivity index (χ3n) is 3.08. The van der Waals surface area contributed by atoms with Gasteiger partial charge in [0.15, 0.2) is 0 Å². The maximum atomic E-state index is 13.4. The number of nitrogens with one attached hydrogen (secondary N) is 1. The predicted molar refractivity (Wildman–Crippen MR) is 70.3 cm³/mol. The van der Waals surface area contributed by atoms with Gasteiger partial charge in [0.2, 0.25) is 0 Å². The fourth-order valence-electron chi connectivity index (χ4n) is 2.09. The zero-order valence-electron chi connectivity index (χ0n) is 10.4. The number of H-pyrrole nitrogens is 1. The molecule has 1 aromatic heterocycles. The molecule has 3 rings (SSSR count). The van der Waals surface area contributed by atoms with E-state index < -0.39 is 23.1 Å². The standard InChI is InChI=1S/C13H8F4N2OS/c14-8-2-6(1-7(3-8)13(15,16)17)11-18-10-5-21-4-9(10)12(20)19-11/h1-3H,4-5H2,(H,18,19,20). The number of benzene rings is 1. The highest BCUT2D eigenvalue weighted by molar-refractivity contribution is 7.98. The molecule has 110 valence electrons. The molecule has 1 aromatic carbocycles. The Morgan fingerprint density at radius 2 is 1.95 bits per heavy atom. The lowest BCUT2D eigenvalue weighted by Gasteiger charge is -2.09. The van der Waals surface area contributed by atoms with Crippen molar-refractivity contribution in [3.05, 3.63) is 51.2 Å². The second-order valence-electron chi connectivity index (χ2n) is 4.56. The van der Waals surface area contributed by atoms with E-state index in [0.29, 0.717) is 28.8 Å². The van der Waals surface area contributed by atoms with E-state index in [2.05, 4.69) is 9.97 Å². The molecule has 2 heterocycles. The van der Waals surface area contributed by atoms with Gasteiger partial charge in [-0.05, 0) is 18.2 Å². The van der Waals surface area contributed by atoms with E-state index in [4.69, 9.17) is 0 Å². The lowest BCUT2D eigenvalue weighted by Crippen LogP contribution is -2.15. The van der Waals surface area contributed by atoms with Crippen molar-refractivity contribution in [3.63, 3.8) is 0 Å². The lowest BCUT2D eigenvalue weighted by molar-refractivity contribution is -0.137. The first-order valence-electron chi connectivity index (χ1n) is 5.92. The Morgan fingerprint density at radius 1 is 1.19 bits per heavy atom. The van der Waals surface area contributed by atoms with E-state index in [-0.39, 0.29) is 11.4 Å². The van der Waals surface area contributed by atoms with Crippen LogP contribution >= 0.6 is 11.8 Å². The highest BCUT2D eigenvalue weighted by Crippen LogP contribution is 2.33. The van der Waals surface area contributed by atoms with Crippen LogP contribution < -0.4 is 5.56 Å². The van der Waals surface area contributed by atoms with Crippen LogP contribution in [0.15, 0.2) is 23.0 Å². The summed E-state index contributed by atoms with van der Waals surface area (Å²) in [5.74, 6) is -0.0358. The van der Waals surface area contributed by atoms with Crippen molar-refractivity contribution in [2.45, 2.75) is 17.7 Å². The van der Waals surface area contributed by atoms with Gasteiger partial charge in [-0.1, -0.05) is 0 Å². The van der Waals surface area contributed by atoms with Crippen LogP contribution in [-0.2, 0) is 17.7 Å². The summed E-state index contributed by atoms with van der Waals surface area (Å²) in [7, 11) is 0. The van der Waals surface area contributed by atoms with E-state index in [9.17, 15) is 22.4 Å². The topological polar surface area (TPSA) is 45.8 Å². The van der Waals surface area contributed by atoms with Crippen molar-refractivity contribution in [1.29, 1.82) is 0 Å². The van der Waals surface area contributed by atoms with E-state index in [0.717, 1.165) is 12.1 Å². The monoisotopic (exact) mass is 316 g/mol. The Labute approximate surface area is 120 Å². The first-order valence-corrected chi connectivity index (χ1v) is 7.08. The zero-order chi connectivity index (χ0) is 15.2. The lowest BCUT2D eigenvalue weighted by atomic mass is 10.1. The molecule has 0 unspecified atom stereocenters. The molecule has 0 spiro atoms. The summed E-state index contributed by atoms with van der Waals surface area (Å²) in [5.41, 5.74) is -0.542. The average Bonchev–Trinajstić information content (AvgIpc) is 2.85. The van der Waals surface area contributed by atoms with Crippen molar-refractivity contribution in [1.82, 2.24) is 9.97 Å². The minimum atomic E-state index is -4.66. The summed E-state index contributed by atoms with van der Waals surface area (Å²) in [6.07, 6.45) is -4.66. The number of alkyl halides is 3. The summed E-state index contributed by atoms with van der Waals surface area (Å²) in [6, 6.07) is 2.10. The van der Waals surface area contributed by atoms with Crippen LogP contribution in [0.1, 0.15) is 16.8 Å². The molecule has 0 bridgehead atoms. The molecule has 0 amide bonds. The molecule has 0 aliphatic carbocycles. The quantitative estimate of drug-likeness (QED) is 0.821. The molecule has 0 atom stereocenters. The number of fused-ring (bicyclic) bond motifs is 1. The number of aromatic amines is 1. The summed E-state index contributed by atoms with van der Waals surface area (Å²) >= 11 is 1.49. The van der Waals surface area contributed by atoms with Gasteiger partial charge in [0, 0.05) is 22.6 Å². The van der Waals surface area contributed by atoms with Crippen LogP contribution in [0, 0.1) is 5.82 Å². The van der Waals surface area contributed by atoms with Crippen LogP contribution in [-0.4, -0.2) is 9.97 Å². The predicted octanol–water partition coefficient (Wildman–Crippen LogP) is 3.34. The van der Waals surface area contributed by atoms with E-state index >= 15 is 0 Å². The van der Waals surface area contributed by atoms with Crippen LogP contribution in [0.2, 0.25) is 0 Å². The van der Waals surface area contributed by atoms with Crippen LogP contribution in [0.3, 0.4) is 0 Å². The first kappa shape index (κ1) is 14.1. The first-order chi connectivity index (χ1) is 9.84. The Kier molecular flexibility index (Phi) is 3.27. The average molecular weight is 316 g/mol. The number of nitrogens with zero attached hydrogens (tertiary/aromatic N) is 1. The SMILES string of the molecule is O=c1[nH]c(-c2cc(F)cc(C(F)(F)F)c2)nc2c1CSC2. The molecule has 8 heteroatoms. The van der Waals surface area contributed by atoms with Crippen molar-refractivity contribution in [2.24, 2.45) is 0 Å². The molecular weight excluding hydrogens is 308 g/mol. The van der Waals surface area contributed by atoms with Gasteiger partial charge in [0.25, 0.3) is 5.56 Å². The maximum Gasteiger partial charge on any atom is 0.416 e. The molecule has 1 aliphatic rings. The normalized spacial score (nSPS) is 14.3. The highest BCUT2D eigenvalue weighted by atomic mass is 32.2. The molecule has 0 radical (unpaired) electrons. The molecule has 1 N–H and O–H groups in total. The molecule has 1 aliphatic heterocycles. The van der Waals surface area contributed by atoms with Gasteiger partial charge in [-0.15, -0.1) is 0 Å². The fraction of sp³-hybridized carbons (Fsp3) is 0.231. The second kappa shape index (κ2) is 4.87. The van der Waals surface area contributed by atoms with Crippen molar-refractivity contribution in [2.75, 3.05) is 0 Å². The molecule has 0 saturated heterocycles. The van der Waals surface area contributed by atoms with Crippen LogP contribution in [0.25, 0.3) is 11.4 Å². The number of aromatic nitrogens is 2.